The summed E-state index contributed by atoms with van der Waals surface area (Å²) in [6, 6.07) is 7.33. The molecular weight excluding hydrogens is 775 g/mol. The Morgan fingerprint density at radius 1 is 0.895 bits per heavy atom. The second-order valence-electron chi connectivity index (χ2n) is 16.2. The predicted molar refractivity (Wildman–Crippen MR) is 215 cm³/mol. The van der Waals surface area contributed by atoms with Gasteiger partial charge in [0.05, 0.1) is 23.1 Å². The molecule has 7 rings (SSSR count). The lowest BCUT2D eigenvalue weighted by molar-refractivity contribution is -0.145. The zero-order chi connectivity index (χ0) is 41.4. The molecule has 1 saturated heterocycles. The minimum absolute atomic E-state index is 0.116. The number of hydrogen-bond donors (Lipinski definition) is 3. The van der Waals surface area contributed by atoms with Gasteiger partial charge >= 0.3 is 5.97 Å². The molecule has 5 heterocycles. The molecule has 3 N–H and O–H groups in total. The Balaban J connectivity index is 1.50. The Morgan fingerprint density at radius 2 is 1.54 bits per heavy atom. The van der Waals surface area contributed by atoms with E-state index in [0.29, 0.717) is 106 Å². The molecule has 0 radical (unpaired) electrons. The molecule has 3 aromatic rings. The van der Waals surface area contributed by atoms with Gasteiger partial charge in [0.15, 0.2) is 5.54 Å². The van der Waals surface area contributed by atoms with Crippen molar-refractivity contribution in [3.05, 3.63) is 81.9 Å². The average molecular weight is 823 g/mol. The number of likely N-dealkylation sites (tertiary alicyclic amines) is 1. The number of rotatable bonds is 10. The number of aromatic nitrogens is 2. The molecule has 0 saturated carbocycles. The fraction of sp³-hybridized carbons (Fsp3) is 0.450. The number of hydrogen-bond acceptors (Lipinski definition) is 9. The lowest BCUT2D eigenvalue weighted by Gasteiger charge is -2.43. The molecule has 0 aliphatic carbocycles. The third-order valence-corrected chi connectivity index (χ3v) is 12.8. The van der Waals surface area contributed by atoms with Crippen molar-refractivity contribution in [1.82, 2.24) is 19.0 Å². The number of anilines is 1. The van der Waals surface area contributed by atoms with Crippen LogP contribution in [0.15, 0.2) is 48.8 Å². The van der Waals surface area contributed by atoms with Crippen LogP contribution in [0, 0.1) is 5.92 Å². The van der Waals surface area contributed by atoms with Crippen molar-refractivity contribution in [2.24, 2.45) is 5.92 Å². The smallest absolute Gasteiger partial charge is 0.306 e. The Kier molecular flexibility index (Phi) is 10.1. The summed E-state index contributed by atoms with van der Waals surface area (Å²) in [4.78, 5) is 33.9. The van der Waals surface area contributed by atoms with Crippen LogP contribution >= 0.6 is 0 Å². The number of piperidine rings is 1. The quantitative estimate of drug-likeness (QED) is 0.156. The number of benzene rings is 2. The van der Waals surface area contributed by atoms with Crippen LogP contribution in [-0.4, -0.2) is 106 Å². The molecule has 1 fully saturated rings. The van der Waals surface area contributed by atoms with E-state index in [1.807, 2.05) is 78.0 Å². The highest BCUT2D eigenvalue weighted by Gasteiger charge is 2.39. The number of carbonyl (C=O) groups excluding carboxylic acids is 1. The molecule has 15 nitrogen and oxygen atoms in total. The van der Waals surface area contributed by atoms with Crippen LogP contribution in [0.3, 0.4) is 0 Å². The first kappa shape index (κ1) is 40.4. The van der Waals surface area contributed by atoms with Crippen molar-refractivity contribution in [3.8, 4) is 11.5 Å². The number of aliphatic carboxylic acids is 1. The number of carboxylic acid groups (broad SMARTS) is 1. The summed E-state index contributed by atoms with van der Waals surface area (Å²) in [6.45, 7) is 13.4. The first-order chi connectivity index (χ1) is 26.6. The number of carboxylic acids is 1. The van der Waals surface area contributed by atoms with Gasteiger partial charge in [-0.1, -0.05) is 6.08 Å². The van der Waals surface area contributed by atoms with Crippen molar-refractivity contribution in [3.63, 3.8) is 0 Å². The van der Waals surface area contributed by atoms with E-state index in [0.717, 1.165) is 0 Å². The summed E-state index contributed by atoms with van der Waals surface area (Å²) >= 11 is 0. The molecule has 57 heavy (non-hydrogen) atoms. The number of imidazole rings is 1. The van der Waals surface area contributed by atoms with Gasteiger partial charge in [-0.05, 0) is 69.9 Å². The van der Waals surface area contributed by atoms with Gasteiger partial charge in [0.25, 0.3) is 20.2 Å². The topological polar surface area (TPSA) is 200 Å². The molecule has 2 aromatic carbocycles. The second kappa shape index (κ2) is 14.2. The Hall–Kier alpha value is -4.84. The number of carbonyl (C=O) groups is 2. The summed E-state index contributed by atoms with van der Waals surface area (Å²) in [5.41, 5.74) is 2.36. The minimum atomic E-state index is -4.45. The molecule has 17 heteroatoms. The molecule has 4 aliphatic rings. The fourth-order valence-electron chi connectivity index (χ4n) is 9.02. The van der Waals surface area contributed by atoms with Gasteiger partial charge in [0.2, 0.25) is 11.3 Å². The molecule has 0 atom stereocenters. The van der Waals surface area contributed by atoms with Crippen LogP contribution in [0.1, 0.15) is 76.9 Å². The number of ether oxygens (including phenoxy) is 1. The molecule has 1 aromatic heterocycles. The van der Waals surface area contributed by atoms with Gasteiger partial charge in [-0.25, -0.2) is 9.56 Å². The van der Waals surface area contributed by atoms with Crippen molar-refractivity contribution in [2.75, 3.05) is 42.6 Å². The summed E-state index contributed by atoms with van der Waals surface area (Å²) in [7, 11) is -8.90. The molecule has 0 bridgehead atoms. The van der Waals surface area contributed by atoms with E-state index in [2.05, 4.69) is 9.48 Å². The average Bonchev–Trinajstić information content (AvgIpc) is 3.55. The monoisotopic (exact) mass is 822 g/mol. The van der Waals surface area contributed by atoms with Crippen LogP contribution in [-0.2, 0) is 36.4 Å². The predicted octanol–water partition coefficient (Wildman–Crippen LogP) is 3.02. The van der Waals surface area contributed by atoms with E-state index in [-0.39, 0.29) is 12.5 Å². The molecule has 304 valence electrons. The van der Waals surface area contributed by atoms with Crippen LogP contribution < -0.4 is 24.8 Å². The maximum absolute atomic E-state index is 13.8. The normalized spacial score (nSPS) is 18.8. The van der Waals surface area contributed by atoms with Gasteiger partial charge in [0.1, 0.15) is 41.9 Å². The van der Waals surface area contributed by atoms with Gasteiger partial charge in [-0.2, -0.15) is 16.8 Å². The van der Waals surface area contributed by atoms with Crippen LogP contribution in [0.25, 0.3) is 16.7 Å². The van der Waals surface area contributed by atoms with E-state index >= 15 is 0 Å². The highest BCUT2D eigenvalue weighted by Crippen LogP contribution is 2.46. The third-order valence-electron chi connectivity index (χ3n) is 11.4. The highest BCUT2D eigenvalue weighted by atomic mass is 32.2. The number of nitrogens with zero attached hydrogens (tertiary/aromatic N) is 5. The maximum atomic E-state index is 13.8. The van der Waals surface area contributed by atoms with E-state index in [9.17, 15) is 40.6 Å². The fourth-order valence-corrected chi connectivity index (χ4v) is 10.3. The molecule has 0 unspecified atom stereocenters. The van der Waals surface area contributed by atoms with Crippen LogP contribution in [0.2, 0.25) is 0 Å². The molecule has 0 spiro atoms. The standard InChI is InChI=1S/C40H47N5O10S2/c1-7-44-31-17-33-29(15-27(31)25(19-39(44,3)4)22-56(49,50)51)36(37-41-11-14-43(37)21-35(46)42-12-9-24(10-13-42)38(47)48)30-16-28-26(23-57(52,53)54)20-40(5,6)45(8-2)32(28)18-34(30)55-33/h11,14-20,24H,7-10,12-13,21-23H2,1-6H3,(H2-,47,48,49,50,51,52,53,54)/p+1. The molecule has 4 aliphatic heterocycles. The zero-order valence-electron chi connectivity index (χ0n) is 32.8. The first-order valence-corrected chi connectivity index (χ1v) is 22.2. The van der Waals surface area contributed by atoms with Gasteiger partial charge in [-0.15, -0.1) is 0 Å². The zero-order valence-corrected chi connectivity index (χ0v) is 34.4. The maximum Gasteiger partial charge on any atom is 0.306 e. The highest BCUT2D eigenvalue weighted by molar-refractivity contribution is 7.86. The minimum Gasteiger partial charge on any atom is -0.481 e. The van der Waals surface area contributed by atoms with Crippen LogP contribution in [0.5, 0.6) is 11.5 Å². The summed E-state index contributed by atoms with van der Waals surface area (Å²) in [5, 5.41) is 10.7. The number of fused-ring (bicyclic) bond motifs is 4. The Labute approximate surface area is 331 Å². The second-order valence-corrected chi connectivity index (χ2v) is 19.1. The van der Waals surface area contributed by atoms with E-state index < -0.39 is 54.7 Å². The third kappa shape index (κ3) is 7.65. The van der Waals surface area contributed by atoms with E-state index in [1.165, 1.54) is 0 Å². The van der Waals surface area contributed by atoms with Gasteiger partial charge in [0, 0.05) is 79.5 Å². The summed E-state index contributed by atoms with van der Waals surface area (Å²) in [5.74, 6) is -1.63. The lowest BCUT2D eigenvalue weighted by Crippen LogP contribution is -2.50. The Bertz CT molecular complexity index is 2630. The van der Waals surface area contributed by atoms with Gasteiger partial charge < -0.3 is 24.2 Å². The molecule has 1 amide bonds. The van der Waals surface area contributed by atoms with E-state index in [4.69, 9.17) is 9.72 Å². The first-order valence-electron chi connectivity index (χ1n) is 18.9. The summed E-state index contributed by atoms with van der Waals surface area (Å²) < 4.78 is 80.3. The van der Waals surface area contributed by atoms with Crippen molar-refractivity contribution < 1.29 is 45.4 Å². The Morgan fingerprint density at radius 3 is 2.14 bits per heavy atom. The summed E-state index contributed by atoms with van der Waals surface area (Å²) in [6.07, 6.45) is 7.58. The van der Waals surface area contributed by atoms with Gasteiger partial charge in [-0.3, -0.25) is 18.7 Å². The van der Waals surface area contributed by atoms with Crippen molar-refractivity contribution in [1.29, 1.82) is 0 Å². The number of likely N-dealkylation sites (N-methyl/N-ethyl adjacent to an activating group) is 2. The largest absolute Gasteiger partial charge is 0.481 e. The van der Waals surface area contributed by atoms with Crippen LogP contribution in [0.4, 0.5) is 5.69 Å². The molecular formula is C40H48N5O10S2+. The number of amides is 1. The SMILES string of the molecule is CCN1c2cc3c(cc2C(CS(=O)(=O)O)=CC1(C)C)C(c1nccn1CC(=O)N1CCC(C(=O)O)CC1)=c1cc2c(cc1O3)=[N+](CC)C(C)(C)C=C2CS(=O)(=O)O. The van der Waals surface area contributed by atoms with Crippen molar-refractivity contribution in [2.45, 2.75) is 72.0 Å². The van der Waals surface area contributed by atoms with Crippen molar-refractivity contribution >= 4 is 54.5 Å². The van der Waals surface area contributed by atoms with E-state index in [1.54, 1.807) is 21.9 Å². The lowest BCUT2D eigenvalue weighted by atomic mass is 9.85.